The quantitative estimate of drug-likeness (QED) is 0.0301. The van der Waals surface area contributed by atoms with Crippen LogP contribution in [0.2, 0.25) is 0 Å². The maximum Gasteiger partial charge on any atom is 0.312 e. The maximum absolute atomic E-state index is 13.4. The van der Waals surface area contributed by atoms with Crippen LogP contribution in [0.25, 0.3) is 0 Å². The fourth-order valence-electron chi connectivity index (χ4n) is 4.46. The second-order valence-corrected chi connectivity index (χ2v) is 10.7. The molecule has 1 heterocycles. The van der Waals surface area contributed by atoms with E-state index >= 15 is 0 Å². The lowest BCUT2D eigenvalue weighted by molar-refractivity contribution is -0.137. The monoisotopic (exact) mass is 607 g/mol. The molecule has 0 saturated carbocycles. The number of unbranched alkanes of at least 4 members (excludes halogenated alkanes) is 2. The number of amides is 6. The van der Waals surface area contributed by atoms with Gasteiger partial charge in [0.1, 0.15) is 7.63 Å². The molecule has 15 heteroatoms. The van der Waals surface area contributed by atoms with Gasteiger partial charge in [-0.15, -0.1) is 0 Å². The Hall–Kier alpha value is -4.30. The number of nitrogens with zero attached hydrogens (tertiary/aromatic N) is 2. The Morgan fingerprint density at radius 3 is 2.23 bits per heavy atom. The van der Waals surface area contributed by atoms with Crippen LogP contribution in [-0.4, -0.2) is 84.3 Å². The first-order chi connectivity index (χ1) is 20.7. The highest BCUT2D eigenvalue weighted by Gasteiger charge is 2.30. The molecule has 3 atom stereocenters. The van der Waals surface area contributed by atoms with Gasteiger partial charge in [-0.1, -0.05) is 20.3 Å². The number of primary amides is 1. The lowest BCUT2D eigenvalue weighted by Crippen LogP contribution is -2.47. The third-order valence-corrected chi connectivity index (χ3v) is 6.77. The van der Waals surface area contributed by atoms with E-state index in [9.17, 15) is 33.6 Å². The average Bonchev–Trinajstić information content (AvgIpc) is 3.26. The lowest BCUT2D eigenvalue weighted by Gasteiger charge is -2.25. The molecule has 240 valence electrons. The van der Waals surface area contributed by atoms with E-state index in [2.05, 4.69) is 20.9 Å². The van der Waals surface area contributed by atoms with Gasteiger partial charge in [-0.3, -0.25) is 33.9 Å². The van der Waals surface area contributed by atoms with Crippen molar-refractivity contribution in [3.8, 4) is 0 Å². The molecule has 0 saturated heterocycles. The third-order valence-electron chi connectivity index (χ3n) is 6.77. The summed E-state index contributed by atoms with van der Waals surface area (Å²) in [6.07, 6.45) is 3.84. The number of aldehydes is 1. The molecule has 15 nitrogen and oxygen atoms in total. The van der Waals surface area contributed by atoms with Crippen LogP contribution in [0.5, 0.6) is 0 Å². The van der Waals surface area contributed by atoms with E-state index in [1.54, 1.807) is 13.8 Å². The second-order valence-electron chi connectivity index (χ2n) is 10.7. The van der Waals surface area contributed by atoms with E-state index in [1.165, 1.54) is 12.2 Å². The number of nitrogens with one attached hydrogen (secondary N) is 3. The molecule has 0 unspecified atom stereocenters. The highest BCUT2D eigenvalue weighted by atomic mass is 16.2. The predicted octanol–water partition coefficient (Wildman–Crippen LogP) is -0.626. The van der Waals surface area contributed by atoms with Crippen LogP contribution >= 0.6 is 0 Å². The van der Waals surface area contributed by atoms with Crippen LogP contribution in [0.15, 0.2) is 17.1 Å². The van der Waals surface area contributed by atoms with Gasteiger partial charge in [-0.2, -0.15) is 0 Å². The largest absolute Gasteiger partial charge is 0.370 e. The smallest absolute Gasteiger partial charge is 0.312 e. The number of nitrogens with two attached hydrogens (primary N) is 3. The number of ketones is 1. The highest BCUT2D eigenvalue weighted by molar-refractivity contribution is 6.12. The highest BCUT2D eigenvalue weighted by Crippen LogP contribution is 2.17. The number of guanidine groups is 1. The Balaban J connectivity index is 2.76. The SMILES string of the molecule is [2H]C(=O)[C@H](CCCN=C(N)N)NC(=O)[C@H](CCCNC(N)=O)CC(=O)[C@@H](NC(=O)CCCCCN1C(=O)C=CC1=O)C(C)C. The third kappa shape index (κ3) is 14.9. The standard InChI is InChI=1S/C28H46N8O7/c1-18(2)25(35-22(39)10-4-3-5-15-36-23(40)11-12-24(36)41)21(38)16-19(8-6-14-33-28(31)43)26(42)34-20(17-37)9-7-13-32-27(29)30/h11-12,17-20,25H,3-10,13-16H2,1-2H3,(H,34,42)(H,35,39)(H4,29,30,32)(H3,31,33,43)/t19-,20+,25+/m1/s1/i17D. The minimum Gasteiger partial charge on any atom is -0.370 e. The Kier molecular flexibility index (Phi) is 16.0. The zero-order valence-electron chi connectivity index (χ0n) is 25.9. The molecule has 0 bridgehead atoms. The van der Waals surface area contributed by atoms with Crippen molar-refractivity contribution in [2.24, 2.45) is 34.0 Å². The molecule has 9 N–H and O–H groups in total. The van der Waals surface area contributed by atoms with Crippen LogP contribution in [0.1, 0.15) is 73.0 Å². The van der Waals surface area contributed by atoms with Crippen molar-refractivity contribution in [1.29, 1.82) is 0 Å². The van der Waals surface area contributed by atoms with Gasteiger partial charge in [0.2, 0.25) is 11.8 Å². The number of aliphatic imine (C=N–C) groups is 1. The van der Waals surface area contributed by atoms with Crippen molar-refractivity contribution in [1.82, 2.24) is 20.9 Å². The number of imide groups is 1. The van der Waals surface area contributed by atoms with Gasteiger partial charge >= 0.3 is 6.03 Å². The van der Waals surface area contributed by atoms with Crippen molar-refractivity contribution in [3.63, 3.8) is 0 Å². The second kappa shape index (κ2) is 19.8. The van der Waals surface area contributed by atoms with Crippen molar-refractivity contribution in [2.75, 3.05) is 19.6 Å². The minimum atomic E-state index is -1.13. The average molecular weight is 608 g/mol. The zero-order valence-corrected chi connectivity index (χ0v) is 24.9. The number of hydrogen-bond donors (Lipinski definition) is 6. The van der Waals surface area contributed by atoms with Gasteiger partial charge in [-0.05, 0) is 44.4 Å². The normalized spacial score (nSPS) is 15.0. The molecule has 0 aliphatic carbocycles. The van der Waals surface area contributed by atoms with E-state index in [4.69, 9.17) is 18.6 Å². The van der Waals surface area contributed by atoms with Gasteiger partial charge < -0.3 is 37.9 Å². The fraction of sp³-hybridized carbons (Fsp3) is 0.643. The summed E-state index contributed by atoms with van der Waals surface area (Å²) in [7, 11) is 0. The van der Waals surface area contributed by atoms with E-state index in [-0.39, 0.29) is 80.7 Å². The van der Waals surface area contributed by atoms with Crippen LogP contribution in [0, 0.1) is 11.8 Å². The van der Waals surface area contributed by atoms with Gasteiger partial charge in [0.25, 0.3) is 11.8 Å². The Morgan fingerprint density at radius 2 is 1.65 bits per heavy atom. The molecular weight excluding hydrogens is 560 g/mol. The number of rotatable bonds is 22. The Labute approximate surface area is 253 Å². The molecule has 0 aromatic heterocycles. The van der Waals surface area contributed by atoms with Gasteiger partial charge in [-0.25, -0.2) is 4.79 Å². The molecule has 0 aromatic rings. The van der Waals surface area contributed by atoms with Gasteiger partial charge in [0.05, 0.1) is 12.1 Å². The molecular formula is C28H46N8O7. The number of Topliss-reactive ketones (excluding diaryl/α,β-unsaturated/α-hetero) is 1. The molecule has 0 radical (unpaired) electrons. The van der Waals surface area contributed by atoms with E-state index < -0.39 is 36.2 Å². The topological polar surface area (TPSA) is 249 Å². The summed E-state index contributed by atoms with van der Waals surface area (Å²) in [6.45, 7) is 4.15. The first-order valence-electron chi connectivity index (χ1n) is 15.0. The minimum absolute atomic E-state index is 0.112. The van der Waals surface area contributed by atoms with Gasteiger partial charge in [0.15, 0.2) is 11.7 Å². The number of hydrogen-bond acceptors (Lipinski definition) is 8. The molecule has 1 rings (SSSR count). The van der Waals surface area contributed by atoms with Crippen molar-refractivity contribution in [3.05, 3.63) is 12.2 Å². The van der Waals surface area contributed by atoms with Crippen molar-refractivity contribution >= 4 is 47.7 Å². The number of urea groups is 1. The van der Waals surface area contributed by atoms with E-state index in [0.717, 1.165) is 4.90 Å². The maximum atomic E-state index is 13.4. The molecule has 1 aliphatic heterocycles. The number of carbonyl (C=O) groups is 7. The molecule has 43 heavy (non-hydrogen) atoms. The number of carbonyl (C=O) groups excluding carboxylic acids is 7. The van der Waals surface area contributed by atoms with Crippen LogP contribution in [0.4, 0.5) is 4.79 Å². The summed E-state index contributed by atoms with van der Waals surface area (Å²) in [5, 5.41) is 7.72. The van der Waals surface area contributed by atoms with Crippen molar-refractivity contribution in [2.45, 2.75) is 83.7 Å². The molecule has 6 amide bonds. The molecule has 0 aromatic carbocycles. The van der Waals surface area contributed by atoms with Crippen LogP contribution < -0.4 is 33.2 Å². The van der Waals surface area contributed by atoms with E-state index in [1.807, 2.05) is 0 Å². The van der Waals surface area contributed by atoms with Gasteiger partial charge in [0, 0.05) is 50.5 Å². The summed E-state index contributed by atoms with van der Waals surface area (Å²) >= 11 is 0. The zero-order chi connectivity index (χ0) is 33.2. The first-order valence-corrected chi connectivity index (χ1v) is 14.5. The van der Waals surface area contributed by atoms with Crippen LogP contribution in [-0.2, 0) is 28.8 Å². The predicted molar refractivity (Wildman–Crippen MR) is 159 cm³/mol. The Bertz CT molecular complexity index is 1090. The molecule has 0 spiro atoms. The summed E-state index contributed by atoms with van der Waals surface area (Å²) in [6, 6.07) is -2.74. The summed E-state index contributed by atoms with van der Waals surface area (Å²) in [5.74, 6) is -3.36. The summed E-state index contributed by atoms with van der Waals surface area (Å²) < 4.78 is 7.54. The molecule has 1 aliphatic rings. The summed E-state index contributed by atoms with van der Waals surface area (Å²) in [4.78, 5) is 90.3. The van der Waals surface area contributed by atoms with Crippen molar-refractivity contribution < 1.29 is 34.9 Å². The fourth-order valence-corrected chi connectivity index (χ4v) is 4.46. The lowest BCUT2D eigenvalue weighted by atomic mass is 9.89. The Morgan fingerprint density at radius 1 is 0.977 bits per heavy atom. The van der Waals surface area contributed by atoms with Crippen LogP contribution in [0.3, 0.4) is 0 Å². The summed E-state index contributed by atoms with van der Waals surface area (Å²) in [5.41, 5.74) is 15.7. The van der Waals surface area contributed by atoms with E-state index in [0.29, 0.717) is 32.1 Å². The first kappa shape index (κ1) is 34.9. The molecule has 0 fully saturated rings.